The SMILES string of the molecule is [2H]C=C=C(C)C. The second-order valence-corrected chi connectivity index (χ2v) is 1.14. The summed E-state index contributed by atoms with van der Waals surface area (Å²) in [6.45, 7) is 4.98. The Morgan fingerprint density at radius 1 is 2.00 bits per heavy atom. The van der Waals surface area contributed by atoms with Gasteiger partial charge in [-0.05, 0) is 19.4 Å². The van der Waals surface area contributed by atoms with Gasteiger partial charge < -0.3 is 0 Å². The van der Waals surface area contributed by atoms with Crippen LogP contribution in [0.2, 0.25) is 0 Å². The third-order valence-corrected chi connectivity index (χ3v) is 0.289. The molecule has 0 fully saturated rings. The highest BCUT2D eigenvalue weighted by Crippen LogP contribution is 1.77. The lowest BCUT2D eigenvalue weighted by Crippen LogP contribution is -1.47. The van der Waals surface area contributed by atoms with E-state index >= 15 is 0 Å². The Kier molecular flexibility index (Phi) is 0.989. The minimum Gasteiger partial charge on any atom is -0.130 e. The van der Waals surface area contributed by atoms with E-state index in [1.54, 1.807) is 0 Å². The summed E-state index contributed by atoms with van der Waals surface area (Å²) in [5, 5.41) is 0. The maximum Gasteiger partial charge on any atom is 0.0628 e. The summed E-state index contributed by atoms with van der Waals surface area (Å²) in [6.07, 6.45) is 0. The Morgan fingerprint density at radius 3 is 2.60 bits per heavy atom. The molecule has 0 aromatic heterocycles. The highest BCUT2D eigenvalue weighted by atomic mass is 13.6. The van der Waals surface area contributed by atoms with E-state index in [1.807, 2.05) is 13.8 Å². The van der Waals surface area contributed by atoms with E-state index < -0.39 is 0 Å². The molecule has 0 bridgehead atoms. The van der Waals surface area contributed by atoms with Gasteiger partial charge in [0.05, 0.1) is 1.37 Å². The Hall–Kier alpha value is -0.480. The molecule has 0 atom stereocenters. The minimum atomic E-state index is 1.05. The van der Waals surface area contributed by atoms with Crippen molar-refractivity contribution in [3.8, 4) is 0 Å². The Labute approximate surface area is 34.2 Å². The van der Waals surface area contributed by atoms with Crippen molar-refractivity contribution in [3.05, 3.63) is 17.9 Å². The molecular formula is C5H8. The summed E-state index contributed by atoms with van der Waals surface area (Å²) in [7, 11) is 0. The Morgan fingerprint density at radius 2 is 2.60 bits per heavy atom. The van der Waals surface area contributed by atoms with Gasteiger partial charge in [-0.3, -0.25) is 0 Å². The Balaban J connectivity index is 3.73. The first-order valence-corrected chi connectivity index (χ1v) is 1.54. The lowest BCUT2D eigenvalue weighted by Gasteiger charge is -1.67. The van der Waals surface area contributed by atoms with Crippen molar-refractivity contribution in [1.29, 1.82) is 0 Å². The maximum absolute atomic E-state index is 6.48. The van der Waals surface area contributed by atoms with Crippen LogP contribution < -0.4 is 0 Å². The smallest absolute Gasteiger partial charge is 0.0628 e. The van der Waals surface area contributed by atoms with Crippen LogP contribution in [-0.2, 0) is 0 Å². The van der Waals surface area contributed by atoms with E-state index in [2.05, 4.69) is 5.73 Å². The van der Waals surface area contributed by atoms with Gasteiger partial charge in [-0.25, -0.2) is 0 Å². The maximum atomic E-state index is 6.48. The minimum absolute atomic E-state index is 1.05. The Bertz CT molecular complexity index is 82.1. The molecule has 0 saturated heterocycles. The van der Waals surface area contributed by atoms with Gasteiger partial charge >= 0.3 is 0 Å². The molecule has 0 aromatic rings. The van der Waals surface area contributed by atoms with E-state index in [9.17, 15) is 0 Å². The van der Waals surface area contributed by atoms with Gasteiger partial charge in [-0.2, -0.15) is 0 Å². The van der Waals surface area contributed by atoms with Crippen LogP contribution in [0.1, 0.15) is 15.2 Å². The van der Waals surface area contributed by atoms with Crippen molar-refractivity contribution in [1.82, 2.24) is 0 Å². The van der Waals surface area contributed by atoms with Crippen LogP contribution in [0, 0.1) is 0 Å². The molecule has 0 nitrogen and oxygen atoms in total. The third kappa shape index (κ3) is 3.52. The molecule has 0 heteroatoms. The van der Waals surface area contributed by atoms with Gasteiger partial charge in [0.1, 0.15) is 0 Å². The quantitative estimate of drug-likeness (QED) is 0.380. The van der Waals surface area contributed by atoms with Crippen LogP contribution >= 0.6 is 0 Å². The molecule has 0 N–H and O–H groups in total. The lowest BCUT2D eigenvalue weighted by atomic mass is 10.4. The zero-order valence-corrected chi connectivity index (χ0v) is 3.58. The molecule has 0 saturated carbocycles. The van der Waals surface area contributed by atoms with Crippen LogP contribution in [0.25, 0.3) is 0 Å². The summed E-state index contributed by atoms with van der Waals surface area (Å²) in [6, 6.07) is 0. The van der Waals surface area contributed by atoms with E-state index in [4.69, 9.17) is 1.37 Å². The fourth-order valence-electron chi connectivity index (χ4n) is 0. The molecule has 0 amide bonds. The molecule has 0 heterocycles. The third-order valence-electron chi connectivity index (χ3n) is 0.289. The van der Waals surface area contributed by atoms with Crippen molar-refractivity contribution in [2.24, 2.45) is 0 Å². The average Bonchev–Trinajstić information content (AvgIpc) is 1.35. The first kappa shape index (κ1) is 2.74. The van der Waals surface area contributed by atoms with Crippen molar-refractivity contribution in [3.63, 3.8) is 0 Å². The summed E-state index contributed by atoms with van der Waals surface area (Å²) < 4.78 is 6.48. The number of hydrogen-bond acceptors (Lipinski definition) is 0. The van der Waals surface area contributed by atoms with Gasteiger partial charge in [-0.15, -0.1) is 5.73 Å². The molecule has 28 valence electrons. The van der Waals surface area contributed by atoms with Gasteiger partial charge in [0, 0.05) is 0 Å². The summed E-state index contributed by atoms with van der Waals surface area (Å²) in [5.41, 5.74) is 3.71. The molecule has 0 aliphatic heterocycles. The zero-order chi connectivity index (χ0) is 4.99. The van der Waals surface area contributed by atoms with E-state index in [1.165, 1.54) is 0 Å². The predicted octanol–water partition coefficient (Wildman–Crippen LogP) is 1.74. The zero-order valence-electron chi connectivity index (χ0n) is 4.58. The largest absolute Gasteiger partial charge is 0.130 e. The molecule has 5 heavy (non-hydrogen) atoms. The summed E-state index contributed by atoms with van der Waals surface area (Å²) in [4.78, 5) is 0. The number of rotatable bonds is 0. The normalized spacial score (nSPS) is 8.00. The van der Waals surface area contributed by atoms with Crippen molar-refractivity contribution in [2.75, 3.05) is 0 Å². The van der Waals surface area contributed by atoms with E-state index in [0.717, 1.165) is 12.1 Å². The van der Waals surface area contributed by atoms with Crippen molar-refractivity contribution in [2.45, 2.75) is 13.8 Å². The predicted molar refractivity (Wildman–Crippen MR) is 24.0 cm³/mol. The van der Waals surface area contributed by atoms with Gasteiger partial charge in [0.2, 0.25) is 0 Å². The first-order valence-electron chi connectivity index (χ1n) is 2.12. The topological polar surface area (TPSA) is 0 Å². The van der Waals surface area contributed by atoms with Crippen LogP contribution in [-0.4, -0.2) is 0 Å². The average molecular weight is 69.1 g/mol. The van der Waals surface area contributed by atoms with Crippen molar-refractivity contribution >= 4 is 0 Å². The molecule has 0 spiro atoms. The van der Waals surface area contributed by atoms with E-state index in [-0.39, 0.29) is 0 Å². The molecule has 0 radical (unpaired) electrons. The van der Waals surface area contributed by atoms with Crippen LogP contribution in [0.15, 0.2) is 17.9 Å². The standard InChI is InChI=1S/C5H8/c1-4-5(2)3/h1H2,2-3H3/i1D. The summed E-state index contributed by atoms with van der Waals surface area (Å²) >= 11 is 0. The highest BCUT2D eigenvalue weighted by Gasteiger charge is 1.57. The molecular weight excluding hydrogens is 60.1 g/mol. The molecule has 0 aromatic carbocycles. The van der Waals surface area contributed by atoms with Gasteiger partial charge in [0.15, 0.2) is 0 Å². The monoisotopic (exact) mass is 69.1 g/mol. The number of hydrogen-bond donors (Lipinski definition) is 0. The summed E-state index contributed by atoms with van der Waals surface area (Å²) in [5.74, 6) is 0. The number of allylic oxidation sites excluding steroid dienone is 1. The van der Waals surface area contributed by atoms with Crippen molar-refractivity contribution < 1.29 is 1.37 Å². The van der Waals surface area contributed by atoms with Crippen LogP contribution in [0.4, 0.5) is 0 Å². The molecule has 0 rings (SSSR count). The second-order valence-electron chi connectivity index (χ2n) is 1.14. The van der Waals surface area contributed by atoms with E-state index in [0.29, 0.717) is 0 Å². The fraction of sp³-hybridized carbons (Fsp3) is 0.400. The molecule has 0 unspecified atom stereocenters. The molecule has 0 aliphatic rings. The lowest BCUT2D eigenvalue weighted by molar-refractivity contribution is 1.41. The van der Waals surface area contributed by atoms with Gasteiger partial charge in [0.25, 0.3) is 0 Å². The van der Waals surface area contributed by atoms with Crippen LogP contribution in [0.3, 0.4) is 0 Å². The second kappa shape index (κ2) is 1.80. The fourth-order valence-corrected chi connectivity index (χ4v) is 0. The first-order chi connectivity index (χ1) is 2.77. The molecule has 0 aliphatic carbocycles. The van der Waals surface area contributed by atoms with Crippen LogP contribution in [0.5, 0.6) is 0 Å². The van der Waals surface area contributed by atoms with Gasteiger partial charge in [-0.1, -0.05) is 6.55 Å². The highest BCUT2D eigenvalue weighted by molar-refractivity contribution is 4.87.